The molecule has 0 spiro atoms. The van der Waals surface area contributed by atoms with Gasteiger partial charge in [-0.3, -0.25) is 4.98 Å². The van der Waals surface area contributed by atoms with E-state index < -0.39 is 10.0 Å². The number of benzene rings is 1. The van der Waals surface area contributed by atoms with Crippen LogP contribution in [-0.2, 0) is 29.4 Å². The summed E-state index contributed by atoms with van der Waals surface area (Å²) >= 11 is 0. The summed E-state index contributed by atoms with van der Waals surface area (Å²) in [5.41, 5.74) is 4.62. The number of hydrogen-bond acceptors (Lipinski definition) is 4. The molecule has 3 heterocycles. The summed E-state index contributed by atoms with van der Waals surface area (Å²) in [5.74, 6) is 0.826. The Hall–Kier alpha value is -2.51. The number of aromatic nitrogens is 3. The number of pyridine rings is 1. The summed E-state index contributed by atoms with van der Waals surface area (Å²) in [6.07, 6.45) is 10.2. The van der Waals surface area contributed by atoms with Crippen LogP contribution in [0.5, 0.6) is 0 Å². The first-order valence-corrected chi connectivity index (χ1v) is 12.0. The third kappa shape index (κ3) is 3.36. The van der Waals surface area contributed by atoms with Crippen LogP contribution in [0.3, 0.4) is 0 Å². The first kappa shape index (κ1) is 19.5. The number of sulfonamides is 1. The van der Waals surface area contributed by atoms with E-state index in [2.05, 4.69) is 14.5 Å². The summed E-state index contributed by atoms with van der Waals surface area (Å²) in [6, 6.07) is 9.40. The van der Waals surface area contributed by atoms with Crippen molar-refractivity contribution in [1.29, 1.82) is 0 Å². The first-order chi connectivity index (χ1) is 14.5. The second-order valence-electron chi connectivity index (χ2n) is 8.26. The molecule has 30 heavy (non-hydrogen) atoms. The van der Waals surface area contributed by atoms with Gasteiger partial charge in [0.05, 0.1) is 10.9 Å². The van der Waals surface area contributed by atoms with Crippen molar-refractivity contribution >= 4 is 10.0 Å². The molecule has 2 aromatic heterocycles. The molecule has 5 rings (SSSR count). The van der Waals surface area contributed by atoms with Gasteiger partial charge in [-0.25, -0.2) is 13.4 Å². The Morgan fingerprint density at radius 3 is 2.70 bits per heavy atom. The zero-order valence-electron chi connectivity index (χ0n) is 17.2. The van der Waals surface area contributed by atoms with Gasteiger partial charge in [0.2, 0.25) is 10.0 Å². The second-order valence-corrected chi connectivity index (χ2v) is 10.1. The standard InChI is InChI=1S/C23H26N4O2S/c1-17-15-25-23(26(17)16-18-9-11-24-12-10-18)22-6-3-13-27(22)30(28,29)21-8-7-19-4-2-5-20(19)14-21/h7-12,14-15,22H,2-6,13,16H2,1H3. The van der Waals surface area contributed by atoms with Crippen LogP contribution in [0.15, 0.2) is 53.8 Å². The fourth-order valence-corrected chi connectivity index (χ4v) is 6.46. The predicted molar refractivity (Wildman–Crippen MR) is 115 cm³/mol. The SMILES string of the molecule is Cc1cnc(C2CCCN2S(=O)(=O)c2ccc3c(c2)CCC3)n1Cc1ccncc1. The van der Waals surface area contributed by atoms with E-state index in [-0.39, 0.29) is 6.04 Å². The summed E-state index contributed by atoms with van der Waals surface area (Å²) < 4.78 is 30.9. The predicted octanol–water partition coefficient (Wildman–Crippen LogP) is 3.65. The van der Waals surface area contributed by atoms with E-state index in [1.165, 1.54) is 11.1 Å². The fourth-order valence-electron chi connectivity index (χ4n) is 4.75. The van der Waals surface area contributed by atoms with Crippen molar-refractivity contribution in [1.82, 2.24) is 18.8 Å². The van der Waals surface area contributed by atoms with Gasteiger partial charge in [0.15, 0.2) is 0 Å². The van der Waals surface area contributed by atoms with Gasteiger partial charge in [-0.1, -0.05) is 6.07 Å². The summed E-state index contributed by atoms with van der Waals surface area (Å²) in [6.45, 7) is 3.21. The van der Waals surface area contributed by atoms with Crippen LogP contribution in [0.25, 0.3) is 0 Å². The Morgan fingerprint density at radius 2 is 1.87 bits per heavy atom. The molecule has 1 unspecified atom stereocenters. The highest BCUT2D eigenvalue weighted by atomic mass is 32.2. The van der Waals surface area contributed by atoms with Crippen LogP contribution in [0.2, 0.25) is 0 Å². The van der Waals surface area contributed by atoms with E-state index >= 15 is 0 Å². The molecule has 3 aromatic rings. The normalized spacial score (nSPS) is 19.3. The lowest BCUT2D eigenvalue weighted by atomic mass is 10.1. The van der Waals surface area contributed by atoms with E-state index in [9.17, 15) is 8.42 Å². The fraction of sp³-hybridized carbons (Fsp3) is 0.391. The van der Waals surface area contributed by atoms with Gasteiger partial charge < -0.3 is 4.57 Å². The molecule has 1 atom stereocenters. The molecule has 0 radical (unpaired) electrons. The maximum Gasteiger partial charge on any atom is 0.243 e. The van der Waals surface area contributed by atoms with Crippen molar-refractivity contribution in [2.75, 3.05) is 6.54 Å². The molecule has 1 aliphatic heterocycles. The molecule has 0 saturated carbocycles. The maximum atomic E-state index is 13.6. The molecule has 156 valence electrons. The Labute approximate surface area is 177 Å². The van der Waals surface area contributed by atoms with Crippen molar-refractivity contribution < 1.29 is 8.42 Å². The highest BCUT2D eigenvalue weighted by molar-refractivity contribution is 7.89. The van der Waals surface area contributed by atoms with Gasteiger partial charge in [-0.05, 0) is 80.0 Å². The van der Waals surface area contributed by atoms with Crippen molar-refractivity contribution in [2.45, 2.75) is 56.5 Å². The lowest BCUT2D eigenvalue weighted by molar-refractivity contribution is 0.374. The third-order valence-corrected chi connectivity index (χ3v) is 8.26. The van der Waals surface area contributed by atoms with Crippen LogP contribution >= 0.6 is 0 Å². The minimum Gasteiger partial charge on any atom is -0.327 e. The van der Waals surface area contributed by atoms with Gasteiger partial charge in [-0.2, -0.15) is 4.31 Å². The highest BCUT2D eigenvalue weighted by Gasteiger charge is 2.39. The van der Waals surface area contributed by atoms with E-state index in [1.807, 2.05) is 37.4 Å². The van der Waals surface area contributed by atoms with E-state index in [0.29, 0.717) is 18.0 Å². The molecule has 1 aromatic carbocycles. The first-order valence-electron chi connectivity index (χ1n) is 10.6. The zero-order chi connectivity index (χ0) is 20.7. The average molecular weight is 423 g/mol. The van der Waals surface area contributed by atoms with Crippen LogP contribution in [-0.4, -0.2) is 33.8 Å². The Balaban J connectivity index is 1.49. The molecule has 0 N–H and O–H groups in total. The van der Waals surface area contributed by atoms with Crippen LogP contribution in [0.1, 0.15) is 53.5 Å². The molecule has 1 saturated heterocycles. The van der Waals surface area contributed by atoms with Crippen LogP contribution < -0.4 is 0 Å². The average Bonchev–Trinajstić information content (AvgIpc) is 3.49. The highest BCUT2D eigenvalue weighted by Crippen LogP contribution is 2.37. The molecule has 6 nitrogen and oxygen atoms in total. The van der Waals surface area contributed by atoms with Crippen molar-refractivity contribution in [3.8, 4) is 0 Å². The molecular weight excluding hydrogens is 396 g/mol. The van der Waals surface area contributed by atoms with E-state index in [0.717, 1.165) is 49.2 Å². The van der Waals surface area contributed by atoms with Gasteiger partial charge in [-0.15, -0.1) is 0 Å². The lowest BCUT2D eigenvalue weighted by Gasteiger charge is -2.25. The monoisotopic (exact) mass is 422 g/mol. The summed E-state index contributed by atoms with van der Waals surface area (Å²) in [4.78, 5) is 9.15. The number of fused-ring (bicyclic) bond motifs is 1. The zero-order valence-corrected chi connectivity index (χ0v) is 18.0. The Morgan fingerprint density at radius 1 is 1.07 bits per heavy atom. The van der Waals surface area contributed by atoms with Gasteiger partial charge in [0.1, 0.15) is 5.82 Å². The molecule has 1 fully saturated rings. The Bertz CT molecular complexity index is 1170. The van der Waals surface area contributed by atoms with Gasteiger partial charge in [0.25, 0.3) is 0 Å². The minimum absolute atomic E-state index is 0.237. The molecule has 2 aliphatic rings. The number of imidazole rings is 1. The topological polar surface area (TPSA) is 68.1 Å². The third-order valence-electron chi connectivity index (χ3n) is 6.35. The lowest BCUT2D eigenvalue weighted by Crippen LogP contribution is -2.32. The molecule has 7 heteroatoms. The number of rotatable bonds is 5. The molecule has 0 amide bonds. The summed E-state index contributed by atoms with van der Waals surface area (Å²) in [5, 5.41) is 0. The number of hydrogen-bond donors (Lipinski definition) is 0. The van der Waals surface area contributed by atoms with Gasteiger partial charge >= 0.3 is 0 Å². The number of nitrogens with zero attached hydrogens (tertiary/aromatic N) is 4. The van der Waals surface area contributed by atoms with Crippen molar-refractivity contribution in [3.63, 3.8) is 0 Å². The maximum absolute atomic E-state index is 13.6. The van der Waals surface area contributed by atoms with Crippen LogP contribution in [0.4, 0.5) is 0 Å². The molecular formula is C23H26N4O2S. The molecule has 0 bridgehead atoms. The quantitative estimate of drug-likeness (QED) is 0.629. The molecule has 1 aliphatic carbocycles. The van der Waals surface area contributed by atoms with Crippen LogP contribution in [0, 0.1) is 6.92 Å². The smallest absolute Gasteiger partial charge is 0.243 e. The van der Waals surface area contributed by atoms with E-state index in [1.54, 1.807) is 22.8 Å². The summed E-state index contributed by atoms with van der Waals surface area (Å²) in [7, 11) is -3.57. The largest absolute Gasteiger partial charge is 0.327 e. The van der Waals surface area contributed by atoms with Crippen molar-refractivity contribution in [2.24, 2.45) is 0 Å². The minimum atomic E-state index is -3.57. The number of aryl methyl sites for hydroxylation is 3. The van der Waals surface area contributed by atoms with E-state index in [4.69, 9.17) is 0 Å². The Kier molecular flexibility index (Phi) is 4.95. The van der Waals surface area contributed by atoms with Gasteiger partial charge in [0, 0.05) is 37.4 Å². The second kappa shape index (κ2) is 7.63. The van der Waals surface area contributed by atoms with Crippen molar-refractivity contribution in [3.05, 3.63) is 77.1 Å².